The fraction of sp³-hybridized carbons (Fsp3) is 0.400. The number of imide groups is 1. The van der Waals surface area contributed by atoms with Crippen molar-refractivity contribution >= 4 is 17.7 Å². The van der Waals surface area contributed by atoms with Gasteiger partial charge in [0.1, 0.15) is 12.3 Å². The van der Waals surface area contributed by atoms with Gasteiger partial charge in [-0.15, -0.1) is 0 Å². The highest BCUT2D eigenvalue weighted by atomic mass is 16.3. The average molecular weight is 288 g/mol. The largest absolute Gasteiger partial charge is 0.374 e. The first-order valence-corrected chi connectivity index (χ1v) is 6.94. The van der Waals surface area contributed by atoms with Gasteiger partial charge in [-0.1, -0.05) is 12.1 Å². The second-order valence-electron chi connectivity index (χ2n) is 5.40. The predicted octanol–water partition coefficient (Wildman–Crippen LogP) is 0.612. The lowest BCUT2D eigenvalue weighted by atomic mass is 10.1. The van der Waals surface area contributed by atoms with Gasteiger partial charge in [-0.2, -0.15) is 0 Å². The van der Waals surface area contributed by atoms with Crippen LogP contribution in [0.5, 0.6) is 0 Å². The van der Waals surface area contributed by atoms with Gasteiger partial charge in [0.2, 0.25) is 5.91 Å². The van der Waals surface area contributed by atoms with Crippen LogP contribution in [0.3, 0.4) is 0 Å². The molecule has 1 unspecified atom stereocenters. The smallest absolute Gasteiger partial charge is 0.262 e. The molecule has 1 fully saturated rings. The van der Waals surface area contributed by atoms with Crippen molar-refractivity contribution in [1.82, 2.24) is 9.80 Å². The Kier molecular flexibility index (Phi) is 3.25. The molecule has 0 radical (unpaired) electrons. The molecule has 2 atom stereocenters. The Bertz CT molecular complexity index is 593. The van der Waals surface area contributed by atoms with Gasteiger partial charge in [0.25, 0.3) is 11.8 Å². The van der Waals surface area contributed by atoms with Crippen LogP contribution in [0.4, 0.5) is 0 Å². The molecule has 3 rings (SSSR count). The van der Waals surface area contributed by atoms with Crippen LogP contribution < -0.4 is 0 Å². The maximum Gasteiger partial charge on any atom is 0.262 e. The molecule has 110 valence electrons. The third-order valence-corrected chi connectivity index (χ3v) is 4.16. The quantitative estimate of drug-likeness (QED) is 0.768. The van der Waals surface area contributed by atoms with Crippen LogP contribution in [0, 0.1) is 0 Å². The van der Waals surface area contributed by atoms with E-state index in [1.165, 1.54) is 11.9 Å². The van der Waals surface area contributed by atoms with Crippen molar-refractivity contribution in [3.05, 3.63) is 35.4 Å². The minimum Gasteiger partial charge on any atom is -0.374 e. The predicted molar refractivity (Wildman–Crippen MR) is 73.4 cm³/mol. The van der Waals surface area contributed by atoms with Crippen molar-refractivity contribution in [2.75, 3.05) is 7.05 Å². The number of amides is 3. The average Bonchev–Trinajstić information content (AvgIpc) is 2.67. The number of likely N-dealkylation sites (N-methyl/N-ethyl adjacent to an activating group) is 1. The number of carbonyl (C=O) groups is 3. The molecule has 0 aliphatic carbocycles. The number of benzene rings is 1. The Labute approximate surface area is 122 Å². The minimum atomic E-state index is -0.863. The molecule has 0 saturated carbocycles. The van der Waals surface area contributed by atoms with Crippen molar-refractivity contribution in [3.8, 4) is 0 Å². The number of aliphatic hydroxyl groups excluding tert-OH is 1. The summed E-state index contributed by atoms with van der Waals surface area (Å²) in [6.07, 6.45) is 0.542. The van der Waals surface area contributed by atoms with E-state index < -0.39 is 30.0 Å². The molecule has 1 saturated heterocycles. The molecule has 6 nitrogen and oxygen atoms in total. The normalized spacial score (nSPS) is 26.1. The third-order valence-electron chi connectivity index (χ3n) is 4.16. The highest BCUT2D eigenvalue weighted by Crippen LogP contribution is 2.28. The van der Waals surface area contributed by atoms with Crippen molar-refractivity contribution in [2.24, 2.45) is 0 Å². The van der Waals surface area contributed by atoms with Gasteiger partial charge in [-0.25, -0.2) is 0 Å². The van der Waals surface area contributed by atoms with Crippen LogP contribution in [0.25, 0.3) is 0 Å². The maximum absolute atomic E-state index is 12.4. The van der Waals surface area contributed by atoms with Crippen molar-refractivity contribution in [2.45, 2.75) is 31.5 Å². The van der Waals surface area contributed by atoms with Gasteiger partial charge in [-0.05, 0) is 31.4 Å². The van der Waals surface area contributed by atoms with Crippen molar-refractivity contribution in [1.29, 1.82) is 0 Å². The van der Waals surface area contributed by atoms with Gasteiger partial charge in [-0.3, -0.25) is 19.3 Å². The third kappa shape index (κ3) is 2.03. The molecular formula is C15H16N2O4. The summed E-state index contributed by atoms with van der Waals surface area (Å²) in [5, 5.41) is 9.81. The Morgan fingerprint density at radius 3 is 2.19 bits per heavy atom. The Morgan fingerprint density at radius 2 is 1.62 bits per heavy atom. The van der Waals surface area contributed by atoms with E-state index in [9.17, 15) is 19.5 Å². The number of aliphatic hydroxyl groups is 1. The van der Waals surface area contributed by atoms with Crippen LogP contribution in [0.1, 0.15) is 40.0 Å². The number of likely N-dealkylation sites (tertiary alicyclic amines) is 1. The van der Waals surface area contributed by atoms with Crippen LogP contribution in [0.2, 0.25) is 0 Å². The lowest BCUT2D eigenvalue weighted by Gasteiger charge is -2.28. The van der Waals surface area contributed by atoms with Crippen LogP contribution in [0.15, 0.2) is 24.3 Å². The van der Waals surface area contributed by atoms with Crippen molar-refractivity contribution < 1.29 is 19.5 Å². The lowest BCUT2D eigenvalue weighted by Crippen LogP contribution is -2.50. The highest BCUT2D eigenvalue weighted by molar-refractivity contribution is 6.22. The minimum absolute atomic E-state index is 0.336. The monoisotopic (exact) mass is 288 g/mol. The zero-order valence-corrected chi connectivity index (χ0v) is 11.7. The summed E-state index contributed by atoms with van der Waals surface area (Å²) in [6, 6.07) is 5.74. The number of hydrogen-bond acceptors (Lipinski definition) is 4. The number of carbonyl (C=O) groups excluding carboxylic acids is 3. The zero-order chi connectivity index (χ0) is 15.1. The first-order chi connectivity index (χ1) is 10.0. The molecule has 1 aromatic rings. The molecule has 0 bridgehead atoms. The molecule has 6 heteroatoms. The molecule has 1 N–H and O–H groups in total. The Balaban J connectivity index is 1.96. The number of hydrogen-bond donors (Lipinski definition) is 1. The van der Waals surface area contributed by atoms with E-state index in [4.69, 9.17) is 0 Å². The number of fused-ring (bicyclic) bond motifs is 1. The van der Waals surface area contributed by atoms with E-state index in [0.717, 1.165) is 4.90 Å². The molecule has 1 aromatic carbocycles. The van der Waals surface area contributed by atoms with E-state index in [0.29, 0.717) is 30.4 Å². The van der Waals surface area contributed by atoms with Crippen LogP contribution >= 0.6 is 0 Å². The summed E-state index contributed by atoms with van der Waals surface area (Å²) in [5.41, 5.74) is 0.672. The second kappa shape index (κ2) is 4.96. The van der Waals surface area contributed by atoms with E-state index in [1.54, 1.807) is 24.3 Å². The van der Waals surface area contributed by atoms with Gasteiger partial charge in [0.15, 0.2) is 0 Å². The lowest BCUT2D eigenvalue weighted by molar-refractivity contribution is -0.141. The van der Waals surface area contributed by atoms with E-state index in [-0.39, 0.29) is 0 Å². The summed E-state index contributed by atoms with van der Waals surface area (Å²) < 4.78 is 0. The molecule has 0 spiro atoms. The van der Waals surface area contributed by atoms with E-state index in [1.807, 2.05) is 0 Å². The molecule has 2 aliphatic rings. The van der Waals surface area contributed by atoms with Gasteiger partial charge in [0.05, 0.1) is 11.1 Å². The maximum atomic E-state index is 12.4. The molecule has 2 aliphatic heterocycles. The van der Waals surface area contributed by atoms with Gasteiger partial charge >= 0.3 is 0 Å². The van der Waals surface area contributed by atoms with Crippen LogP contribution in [-0.4, -0.2) is 51.9 Å². The molecular weight excluding hydrogens is 272 g/mol. The molecule has 21 heavy (non-hydrogen) atoms. The first kappa shape index (κ1) is 13.8. The Hall–Kier alpha value is -2.21. The summed E-state index contributed by atoms with van der Waals surface area (Å²) >= 11 is 0. The van der Waals surface area contributed by atoms with Crippen LogP contribution in [-0.2, 0) is 4.79 Å². The standard InChI is InChI=1S/C15H16N2O4/c1-16-12(18)8-4-7-11(15(16)21)17-13(19)9-5-2-3-6-10(9)14(17)20/h2-3,5-6,11-12,18H,4,7-8H2,1H3/t11-,12?/m0/s1. The topological polar surface area (TPSA) is 77.9 Å². The molecule has 0 aromatic heterocycles. The number of nitrogens with zero attached hydrogens (tertiary/aromatic N) is 2. The summed E-state index contributed by atoms with van der Waals surface area (Å²) in [6.45, 7) is 0. The molecule has 3 amide bonds. The van der Waals surface area contributed by atoms with Gasteiger partial charge in [0, 0.05) is 7.05 Å². The summed E-state index contributed by atoms with van der Waals surface area (Å²) in [5.74, 6) is -1.26. The highest BCUT2D eigenvalue weighted by Gasteiger charge is 2.44. The Morgan fingerprint density at radius 1 is 1.05 bits per heavy atom. The van der Waals surface area contributed by atoms with E-state index in [2.05, 4.69) is 0 Å². The fourth-order valence-corrected chi connectivity index (χ4v) is 2.92. The summed E-state index contributed by atoms with van der Waals surface area (Å²) in [4.78, 5) is 39.5. The zero-order valence-electron chi connectivity index (χ0n) is 11.7. The SMILES string of the molecule is CN1C(=O)[C@@H](N2C(=O)c3ccccc3C2=O)CCCC1O. The second-order valence-corrected chi connectivity index (χ2v) is 5.40. The fourth-order valence-electron chi connectivity index (χ4n) is 2.92. The van der Waals surface area contributed by atoms with Crippen molar-refractivity contribution in [3.63, 3.8) is 0 Å². The van der Waals surface area contributed by atoms with E-state index >= 15 is 0 Å². The molecule has 2 heterocycles. The summed E-state index contributed by atoms with van der Waals surface area (Å²) in [7, 11) is 1.49. The first-order valence-electron chi connectivity index (χ1n) is 6.94. The van der Waals surface area contributed by atoms with Gasteiger partial charge < -0.3 is 10.0 Å². The number of rotatable bonds is 1.